The normalized spacial score (nSPS) is 12.3. The number of hydrogen-bond donors (Lipinski definition) is 0. The van der Waals surface area contributed by atoms with Gasteiger partial charge in [0, 0.05) is 13.6 Å². The number of nitrogens with zero attached hydrogens (tertiary/aromatic N) is 1. The summed E-state index contributed by atoms with van der Waals surface area (Å²) < 4.78 is 29.6. The van der Waals surface area contributed by atoms with Gasteiger partial charge >= 0.3 is 5.97 Å². The van der Waals surface area contributed by atoms with Crippen LogP contribution in [-0.2, 0) is 25.9 Å². The van der Waals surface area contributed by atoms with Crippen molar-refractivity contribution in [1.29, 1.82) is 0 Å². The van der Waals surface area contributed by atoms with Gasteiger partial charge in [0.2, 0.25) is 0 Å². The molecule has 27 heavy (non-hydrogen) atoms. The number of amides is 1. The standard InChI is InChI=1S/C20H23NO5S/c1-4-27(24,25)18-13-9-8-12-17(18)20(23)26-15(2)19(22)21(3)14-16-10-6-5-7-11-16/h5-13,15H,4,14H2,1-3H3/t15-/m0/s1. The van der Waals surface area contributed by atoms with E-state index in [0.29, 0.717) is 6.54 Å². The minimum Gasteiger partial charge on any atom is -0.449 e. The van der Waals surface area contributed by atoms with Crippen molar-refractivity contribution < 1.29 is 22.7 Å². The van der Waals surface area contributed by atoms with E-state index in [2.05, 4.69) is 0 Å². The maximum Gasteiger partial charge on any atom is 0.340 e. The van der Waals surface area contributed by atoms with Crippen LogP contribution < -0.4 is 0 Å². The number of carbonyl (C=O) groups is 2. The van der Waals surface area contributed by atoms with Crippen LogP contribution in [-0.4, -0.2) is 44.1 Å². The summed E-state index contributed by atoms with van der Waals surface area (Å²) in [5.74, 6) is -1.34. The van der Waals surface area contributed by atoms with Crippen molar-refractivity contribution in [2.45, 2.75) is 31.4 Å². The second-order valence-corrected chi connectivity index (χ2v) is 8.37. The van der Waals surface area contributed by atoms with Crippen molar-refractivity contribution >= 4 is 21.7 Å². The summed E-state index contributed by atoms with van der Waals surface area (Å²) in [6, 6.07) is 15.3. The molecule has 0 aliphatic rings. The summed E-state index contributed by atoms with van der Waals surface area (Å²) in [6.45, 7) is 3.35. The zero-order valence-electron chi connectivity index (χ0n) is 15.6. The summed E-state index contributed by atoms with van der Waals surface area (Å²) in [7, 11) is -1.96. The van der Waals surface area contributed by atoms with E-state index in [0.717, 1.165) is 5.56 Å². The molecular weight excluding hydrogens is 366 g/mol. The molecule has 0 spiro atoms. The molecule has 144 valence electrons. The molecule has 0 unspecified atom stereocenters. The highest BCUT2D eigenvalue weighted by Crippen LogP contribution is 2.19. The van der Waals surface area contributed by atoms with Gasteiger partial charge in [0.25, 0.3) is 5.91 Å². The molecule has 0 aliphatic carbocycles. The number of rotatable bonds is 7. The number of likely N-dealkylation sites (N-methyl/N-ethyl adjacent to an activating group) is 1. The quantitative estimate of drug-likeness (QED) is 0.680. The van der Waals surface area contributed by atoms with Gasteiger partial charge in [0.15, 0.2) is 15.9 Å². The first-order chi connectivity index (χ1) is 12.8. The number of esters is 1. The molecule has 1 amide bonds. The van der Waals surface area contributed by atoms with Crippen LogP contribution in [0, 0.1) is 0 Å². The highest BCUT2D eigenvalue weighted by molar-refractivity contribution is 7.91. The maximum atomic E-state index is 12.5. The minimum atomic E-state index is -3.58. The van der Waals surface area contributed by atoms with E-state index in [-0.39, 0.29) is 22.1 Å². The van der Waals surface area contributed by atoms with Gasteiger partial charge in [-0.1, -0.05) is 49.4 Å². The molecule has 0 fully saturated rings. The molecule has 0 heterocycles. The Bertz CT molecular complexity index is 909. The molecule has 0 aromatic heterocycles. The Kier molecular flexibility index (Phi) is 6.74. The van der Waals surface area contributed by atoms with Crippen LogP contribution in [0.5, 0.6) is 0 Å². The lowest BCUT2D eigenvalue weighted by Gasteiger charge is -2.22. The lowest BCUT2D eigenvalue weighted by Crippen LogP contribution is -2.37. The molecule has 2 aromatic rings. The van der Waals surface area contributed by atoms with Gasteiger partial charge in [0.1, 0.15) is 0 Å². The number of ether oxygens (including phenoxy) is 1. The Morgan fingerprint density at radius 3 is 2.26 bits per heavy atom. The number of benzene rings is 2. The van der Waals surface area contributed by atoms with Crippen molar-refractivity contribution in [1.82, 2.24) is 4.90 Å². The fraction of sp³-hybridized carbons (Fsp3) is 0.300. The summed E-state index contributed by atoms with van der Waals surface area (Å²) in [5, 5.41) is 0. The second-order valence-electron chi connectivity index (χ2n) is 6.13. The average Bonchev–Trinajstić information content (AvgIpc) is 2.68. The lowest BCUT2D eigenvalue weighted by molar-refractivity contribution is -0.139. The zero-order chi connectivity index (χ0) is 20.0. The van der Waals surface area contributed by atoms with E-state index < -0.39 is 21.9 Å². The molecule has 1 atom stereocenters. The third-order valence-electron chi connectivity index (χ3n) is 4.09. The van der Waals surface area contributed by atoms with E-state index in [1.54, 1.807) is 19.2 Å². The molecule has 0 radical (unpaired) electrons. The van der Waals surface area contributed by atoms with Crippen molar-refractivity contribution in [3.8, 4) is 0 Å². The molecule has 0 N–H and O–H groups in total. The molecule has 0 aliphatic heterocycles. The molecular formula is C20H23NO5S. The molecule has 0 saturated heterocycles. The van der Waals surface area contributed by atoms with E-state index in [9.17, 15) is 18.0 Å². The van der Waals surface area contributed by atoms with Gasteiger partial charge in [-0.2, -0.15) is 0 Å². The predicted molar refractivity (Wildman–Crippen MR) is 102 cm³/mol. The van der Waals surface area contributed by atoms with E-state index in [1.165, 1.54) is 30.9 Å². The van der Waals surface area contributed by atoms with E-state index in [1.807, 2.05) is 30.3 Å². The first kappa shape index (κ1) is 20.6. The van der Waals surface area contributed by atoms with E-state index >= 15 is 0 Å². The fourth-order valence-corrected chi connectivity index (χ4v) is 3.67. The summed E-state index contributed by atoms with van der Waals surface area (Å²) in [4.78, 5) is 26.3. The summed E-state index contributed by atoms with van der Waals surface area (Å²) in [5.41, 5.74) is 0.885. The Hall–Kier alpha value is -2.67. The molecule has 6 nitrogen and oxygen atoms in total. The molecule has 2 aromatic carbocycles. The maximum absolute atomic E-state index is 12.5. The Balaban J connectivity index is 2.11. The largest absolute Gasteiger partial charge is 0.449 e. The van der Waals surface area contributed by atoms with Gasteiger partial charge in [-0.05, 0) is 24.6 Å². The molecule has 0 bridgehead atoms. The van der Waals surface area contributed by atoms with Crippen molar-refractivity contribution in [3.63, 3.8) is 0 Å². The van der Waals surface area contributed by atoms with Crippen LogP contribution in [0.25, 0.3) is 0 Å². The van der Waals surface area contributed by atoms with Gasteiger partial charge in [-0.15, -0.1) is 0 Å². The van der Waals surface area contributed by atoms with Crippen molar-refractivity contribution in [2.24, 2.45) is 0 Å². The molecule has 2 rings (SSSR count). The van der Waals surface area contributed by atoms with Crippen molar-refractivity contribution in [2.75, 3.05) is 12.8 Å². The van der Waals surface area contributed by atoms with Crippen LogP contribution in [0.3, 0.4) is 0 Å². The summed E-state index contributed by atoms with van der Waals surface area (Å²) >= 11 is 0. The topological polar surface area (TPSA) is 80.7 Å². The number of carbonyl (C=O) groups excluding carboxylic acids is 2. The minimum absolute atomic E-state index is 0.0651. The zero-order valence-corrected chi connectivity index (χ0v) is 16.4. The first-order valence-electron chi connectivity index (χ1n) is 8.58. The molecule has 7 heteroatoms. The third kappa shape index (κ3) is 5.17. The molecule has 0 saturated carbocycles. The van der Waals surface area contributed by atoms with Gasteiger partial charge < -0.3 is 9.64 Å². The number of sulfone groups is 1. The third-order valence-corrected chi connectivity index (χ3v) is 5.88. The SMILES string of the molecule is CCS(=O)(=O)c1ccccc1C(=O)O[C@@H](C)C(=O)N(C)Cc1ccccc1. The van der Waals surface area contributed by atoms with Crippen molar-refractivity contribution in [3.05, 3.63) is 65.7 Å². The van der Waals surface area contributed by atoms with E-state index in [4.69, 9.17) is 4.74 Å². The van der Waals surface area contributed by atoms with Crippen LogP contribution in [0.15, 0.2) is 59.5 Å². The fourth-order valence-electron chi connectivity index (χ4n) is 2.58. The first-order valence-corrected chi connectivity index (χ1v) is 10.2. The van der Waals surface area contributed by atoms with Gasteiger partial charge in [-0.3, -0.25) is 4.79 Å². The smallest absolute Gasteiger partial charge is 0.340 e. The highest BCUT2D eigenvalue weighted by Gasteiger charge is 2.26. The lowest BCUT2D eigenvalue weighted by atomic mass is 10.2. The van der Waals surface area contributed by atoms with Gasteiger partial charge in [-0.25, -0.2) is 13.2 Å². The van der Waals surface area contributed by atoms with Crippen LogP contribution in [0.2, 0.25) is 0 Å². The number of hydrogen-bond acceptors (Lipinski definition) is 5. The monoisotopic (exact) mass is 389 g/mol. The van der Waals surface area contributed by atoms with Crippen LogP contribution >= 0.6 is 0 Å². The Morgan fingerprint density at radius 1 is 1.04 bits per heavy atom. The van der Waals surface area contributed by atoms with Crippen LogP contribution in [0.1, 0.15) is 29.8 Å². The average molecular weight is 389 g/mol. The predicted octanol–water partition coefficient (Wildman–Crippen LogP) is 2.68. The van der Waals surface area contributed by atoms with Gasteiger partial charge in [0.05, 0.1) is 16.2 Å². The summed E-state index contributed by atoms with van der Waals surface area (Å²) in [6.07, 6.45) is -1.04. The highest BCUT2D eigenvalue weighted by atomic mass is 32.2. The Morgan fingerprint density at radius 2 is 1.63 bits per heavy atom. The van der Waals surface area contributed by atoms with Crippen LogP contribution in [0.4, 0.5) is 0 Å². The Labute approximate surface area is 159 Å². The second kappa shape index (κ2) is 8.81.